The predicted octanol–water partition coefficient (Wildman–Crippen LogP) is 4.76. The minimum Gasteiger partial charge on any atom is -0.393 e. The Hall–Kier alpha value is -0.820. The van der Waals surface area contributed by atoms with E-state index in [1.54, 1.807) is 0 Å². The van der Waals surface area contributed by atoms with Crippen LogP contribution in [0.4, 0.5) is 0 Å². The van der Waals surface area contributed by atoms with Gasteiger partial charge in [0, 0.05) is 0 Å². The van der Waals surface area contributed by atoms with Gasteiger partial charge in [-0.15, -0.1) is 0 Å². The van der Waals surface area contributed by atoms with Crippen LogP contribution in [0.3, 0.4) is 0 Å². The molecule has 0 aromatic heterocycles. The van der Waals surface area contributed by atoms with Crippen LogP contribution in [0.2, 0.25) is 0 Å². The highest BCUT2D eigenvalue weighted by atomic mass is 16.3. The van der Waals surface area contributed by atoms with Crippen LogP contribution in [-0.4, -0.2) is 11.2 Å². The third-order valence-corrected chi connectivity index (χ3v) is 6.70. The van der Waals surface area contributed by atoms with Crippen LogP contribution in [0.25, 0.3) is 0 Å². The second kappa shape index (κ2) is 5.76. The fourth-order valence-corrected chi connectivity index (χ4v) is 5.58. The molecule has 3 saturated carbocycles. The normalized spacial score (nSPS) is 42.3. The van der Waals surface area contributed by atoms with Gasteiger partial charge in [-0.1, -0.05) is 36.8 Å². The van der Waals surface area contributed by atoms with Crippen molar-refractivity contribution in [2.75, 3.05) is 0 Å². The first-order valence-corrected chi connectivity index (χ1v) is 9.02. The van der Waals surface area contributed by atoms with E-state index in [-0.39, 0.29) is 6.10 Å². The van der Waals surface area contributed by atoms with E-state index in [0.29, 0.717) is 11.8 Å². The summed E-state index contributed by atoms with van der Waals surface area (Å²) in [7, 11) is 0. The zero-order valence-corrected chi connectivity index (χ0v) is 13.0. The van der Waals surface area contributed by atoms with Crippen molar-refractivity contribution in [3.63, 3.8) is 0 Å². The van der Waals surface area contributed by atoms with Crippen LogP contribution in [0.15, 0.2) is 30.3 Å². The lowest BCUT2D eigenvalue weighted by Crippen LogP contribution is -2.31. The van der Waals surface area contributed by atoms with Crippen LogP contribution in [0.1, 0.15) is 62.8 Å². The Balaban J connectivity index is 1.42. The maximum absolute atomic E-state index is 10.5. The van der Waals surface area contributed by atoms with Crippen molar-refractivity contribution in [1.82, 2.24) is 0 Å². The summed E-state index contributed by atoms with van der Waals surface area (Å²) in [5.41, 5.74) is 1.49. The van der Waals surface area contributed by atoms with Crippen molar-refractivity contribution >= 4 is 0 Å². The first-order valence-electron chi connectivity index (χ1n) is 9.02. The van der Waals surface area contributed by atoms with E-state index in [1.807, 2.05) is 0 Å². The van der Waals surface area contributed by atoms with Crippen molar-refractivity contribution in [2.24, 2.45) is 23.7 Å². The van der Waals surface area contributed by atoms with Gasteiger partial charge in [0.1, 0.15) is 0 Å². The number of aliphatic hydroxyl groups is 1. The molecule has 6 atom stereocenters. The molecule has 6 unspecified atom stereocenters. The molecule has 0 radical (unpaired) electrons. The number of fused-ring (bicyclic) bond motifs is 2. The Morgan fingerprint density at radius 1 is 0.857 bits per heavy atom. The number of rotatable bonds is 3. The van der Waals surface area contributed by atoms with E-state index in [2.05, 4.69) is 30.3 Å². The van der Waals surface area contributed by atoms with Gasteiger partial charge in [0.05, 0.1) is 6.10 Å². The Morgan fingerprint density at radius 2 is 1.71 bits per heavy atom. The minimum absolute atomic E-state index is 0.0379. The van der Waals surface area contributed by atoms with Crippen LogP contribution < -0.4 is 0 Å². The Morgan fingerprint density at radius 3 is 2.43 bits per heavy atom. The lowest BCUT2D eigenvalue weighted by atomic mass is 9.71. The summed E-state index contributed by atoms with van der Waals surface area (Å²) in [4.78, 5) is 0. The SMILES string of the molecule is OC1CCC(c2ccccc2)CC1CC1CC2CCC1C2. The average molecular weight is 284 g/mol. The van der Waals surface area contributed by atoms with Crippen molar-refractivity contribution in [2.45, 2.75) is 63.4 Å². The van der Waals surface area contributed by atoms with Crippen LogP contribution >= 0.6 is 0 Å². The maximum atomic E-state index is 10.5. The first-order chi connectivity index (χ1) is 10.3. The van der Waals surface area contributed by atoms with Crippen LogP contribution in [0, 0.1) is 23.7 Å². The summed E-state index contributed by atoms with van der Waals surface area (Å²) >= 11 is 0. The molecular formula is C20H28O. The fraction of sp³-hybridized carbons (Fsp3) is 0.700. The highest BCUT2D eigenvalue weighted by Crippen LogP contribution is 2.52. The molecule has 1 aromatic carbocycles. The van der Waals surface area contributed by atoms with Crippen molar-refractivity contribution < 1.29 is 5.11 Å². The molecule has 0 amide bonds. The van der Waals surface area contributed by atoms with E-state index in [9.17, 15) is 5.11 Å². The molecular weight excluding hydrogens is 256 g/mol. The van der Waals surface area contributed by atoms with E-state index < -0.39 is 0 Å². The van der Waals surface area contributed by atoms with Gasteiger partial charge in [0.15, 0.2) is 0 Å². The summed E-state index contributed by atoms with van der Waals surface area (Å²) in [6.07, 6.45) is 10.6. The van der Waals surface area contributed by atoms with Crippen LogP contribution in [-0.2, 0) is 0 Å². The molecule has 1 N–H and O–H groups in total. The summed E-state index contributed by atoms with van der Waals surface area (Å²) in [6, 6.07) is 11.0. The molecule has 1 nitrogen and oxygen atoms in total. The standard InChI is InChI=1S/C20H28O/c21-20-9-8-17(15-4-2-1-3-5-15)12-19(20)13-18-11-14-6-7-16(18)10-14/h1-5,14,16-21H,6-13H2. The third-order valence-electron chi connectivity index (χ3n) is 6.70. The summed E-state index contributed by atoms with van der Waals surface area (Å²) in [6.45, 7) is 0. The highest BCUT2D eigenvalue weighted by Gasteiger charge is 2.42. The molecule has 3 aliphatic carbocycles. The molecule has 3 fully saturated rings. The van der Waals surface area contributed by atoms with Crippen LogP contribution in [0.5, 0.6) is 0 Å². The molecule has 2 bridgehead atoms. The number of hydrogen-bond acceptors (Lipinski definition) is 1. The summed E-state index contributed by atoms with van der Waals surface area (Å²) in [5.74, 6) is 4.19. The van der Waals surface area contributed by atoms with Crippen molar-refractivity contribution in [1.29, 1.82) is 0 Å². The molecule has 4 rings (SSSR count). The lowest BCUT2D eigenvalue weighted by Gasteiger charge is -2.36. The molecule has 0 spiro atoms. The molecule has 0 aliphatic heterocycles. The summed E-state index contributed by atoms with van der Waals surface area (Å²) < 4.78 is 0. The molecule has 0 heterocycles. The first kappa shape index (κ1) is 13.8. The number of aliphatic hydroxyl groups excluding tert-OH is 1. The van der Waals surface area contributed by atoms with Gasteiger partial charge in [0.25, 0.3) is 0 Å². The molecule has 21 heavy (non-hydrogen) atoms. The maximum Gasteiger partial charge on any atom is 0.0568 e. The van der Waals surface area contributed by atoms with Gasteiger partial charge in [-0.2, -0.15) is 0 Å². The van der Waals surface area contributed by atoms with E-state index in [0.717, 1.165) is 24.2 Å². The van der Waals surface area contributed by atoms with Crippen molar-refractivity contribution in [3.05, 3.63) is 35.9 Å². The van der Waals surface area contributed by atoms with E-state index >= 15 is 0 Å². The highest BCUT2D eigenvalue weighted by molar-refractivity contribution is 5.20. The second-order valence-electron chi connectivity index (χ2n) is 7.92. The lowest BCUT2D eigenvalue weighted by molar-refractivity contribution is 0.0427. The van der Waals surface area contributed by atoms with Gasteiger partial charge >= 0.3 is 0 Å². The number of benzene rings is 1. The largest absolute Gasteiger partial charge is 0.393 e. The Bertz CT molecular complexity index is 468. The quantitative estimate of drug-likeness (QED) is 0.848. The van der Waals surface area contributed by atoms with Gasteiger partial charge in [-0.25, -0.2) is 0 Å². The van der Waals surface area contributed by atoms with Crippen molar-refractivity contribution in [3.8, 4) is 0 Å². The zero-order chi connectivity index (χ0) is 14.2. The second-order valence-corrected chi connectivity index (χ2v) is 7.92. The van der Waals surface area contributed by atoms with E-state index in [4.69, 9.17) is 0 Å². The predicted molar refractivity (Wildman–Crippen MR) is 86.1 cm³/mol. The molecule has 1 heteroatoms. The van der Waals surface area contributed by atoms with Gasteiger partial charge < -0.3 is 5.11 Å². The Kier molecular flexibility index (Phi) is 3.79. The van der Waals surface area contributed by atoms with Gasteiger partial charge in [-0.05, 0) is 80.1 Å². The molecule has 114 valence electrons. The fourth-order valence-electron chi connectivity index (χ4n) is 5.58. The smallest absolute Gasteiger partial charge is 0.0568 e. The number of hydrogen-bond donors (Lipinski definition) is 1. The molecule has 1 aromatic rings. The topological polar surface area (TPSA) is 20.2 Å². The molecule has 3 aliphatic rings. The van der Waals surface area contributed by atoms with E-state index in [1.165, 1.54) is 50.5 Å². The van der Waals surface area contributed by atoms with Gasteiger partial charge in [-0.3, -0.25) is 0 Å². The average Bonchev–Trinajstić information content (AvgIpc) is 3.13. The van der Waals surface area contributed by atoms with Gasteiger partial charge in [0.2, 0.25) is 0 Å². The zero-order valence-electron chi connectivity index (χ0n) is 13.0. The monoisotopic (exact) mass is 284 g/mol. The third kappa shape index (κ3) is 2.77. The minimum atomic E-state index is -0.0379. The molecule has 0 saturated heterocycles. The Labute approximate surface area is 128 Å². The summed E-state index contributed by atoms with van der Waals surface area (Å²) in [5, 5.41) is 10.5.